The van der Waals surface area contributed by atoms with Crippen molar-refractivity contribution < 1.29 is 0 Å². The van der Waals surface area contributed by atoms with Gasteiger partial charge in [0.05, 0.1) is 0 Å². The van der Waals surface area contributed by atoms with Crippen molar-refractivity contribution in [2.45, 2.75) is 71.8 Å². The number of likely N-dealkylation sites (N-methyl/N-ethyl adjacent to an activating group) is 1. The third-order valence-corrected chi connectivity index (χ3v) is 4.51. The van der Waals surface area contributed by atoms with Gasteiger partial charge in [-0.15, -0.1) is 0 Å². The molecule has 2 heteroatoms. The minimum Gasteiger partial charge on any atom is -0.313 e. The molecule has 0 bridgehead atoms. The SMILES string of the molecule is CCC(CC)CN(CC)CC1CCCCCCN1. The van der Waals surface area contributed by atoms with E-state index < -0.39 is 0 Å². The summed E-state index contributed by atoms with van der Waals surface area (Å²) in [5.74, 6) is 0.888. The average Bonchev–Trinajstić information content (AvgIpc) is 2.36. The largest absolute Gasteiger partial charge is 0.313 e. The van der Waals surface area contributed by atoms with E-state index in [1.54, 1.807) is 0 Å². The van der Waals surface area contributed by atoms with Gasteiger partial charge in [-0.3, -0.25) is 0 Å². The van der Waals surface area contributed by atoms with E-state index in [-0.39, 0.29) is 0 Å². The molecule has 1 saturated heterocycles. The minimum atomic E-state index is 0.736. The first-order valence-electron chi connectivity index (χ1n) is 8.25. The standard InChI is InChI=1S/C16H34N2/c1-4-15(5-2)13-18(6-3)14-16-11-9-7-8-10-12-17-16/h15-17H,4-14H2,1-3H3. The molecule has 0 radical (unpaired) electrons. The lowest BCUT2D eigenvalue weighted by molar-refractivity contribution is 0.202. The van der Waals surface area contributed by atoms with Crippen molar-refractivity contribution >= 4 is 0 Å². The van der Waals surface area contributed by atoms with E-state index in [9.17, 15) is 0 Å². The number of nitrogens with zero attached hydrogens (tertiary/aromatic N) is 1. The number of hydrogen-bond acceptors (Lipinski definition) is 2. The Hall–Kier alpha value is -0.0800. The molecular weight excluding hydrogens is 220 g/mol. The first kappa shape index (κ1) is 16.0. The third kappa shape index (κ3) is 6.19. The summed E-state index contributed by atoms with van der Waals surface area (Å²) in [5.41, 5.74) is 0. The van der Waals surface area contributed by atoms with Crippen LogP contribution in [0.3, 0.4) is 0 Å². The second-order valence-electron chi connectivity index (χ2n) is 5.89. The molecule has 0 aromatic carbocycles. The van der Waals surface area contributed by atoms with Crippen LogP contribution in [0.25, 0.3) is 0 Å². The average molecular weight is 254 g/mol. The van der Waals surface area contributed by atoms with Crippen LogP contribution in [0.2, 0.25) is 0 Å². The molecule has 1 unspecified atom stereocenters. The molecule has 1 atom stereocenters. The van der Waals surface area contributed by atoms with Crippen molar-refractivity contribution in [1.29, 1.82) is 0 Å². The summed E-state index contributed by atoms with van der Waals surface area (Å²) in [6.07, 6.45) is 9.67. The molecule has 108 valence electrons. The number of nitrogens with one attached hydrogen (secondary N) is 1. The zero-order valence-corrected chi connectivity index (χ0v) is 12.9. The first-order valence-corrected chi connectivity index (χ1v) is 8.25. The highest BCUT2D eigenvalue weighted by Gasteiger charge is 2.16. The monoisotopic (exact) mass is 254 g/mol. The van der Waals surface area contributed by atoms with Crippen LogP contribution < -0.4 is 5.32 Å². The molecule has 18 heavy (non-hydrogen) atoms. The van der Waals surface area contributed by atoms with Crippen LogP contribution in [0.5, 0.6) is 0 Å². The van der Waals surface area contributed by atoms with E-state index in [0.717, 1.165) is 12.0 Å². The Kier molecular flexibility index (Phi) is 8.70. The molecular formula is C16H34N2. The predicted molar refractivity (Wildman–Crippen MR) is 81.1 cm³/mol. The zero-order valence-electron chi connectivity index (χ0n) is 12.9. The molecule has 1 fully saturated rings. The van der Waals surface area contributed by atoms with Crippen molar-refractivity contribution in [1.82, 2.24) is 10.2 Å². The van der Waals surface area contributed by atoms with Crippen molar-refractivity contribution in [3.05, 3.63) is 0 Å². The topological polar surface area (TPSA) is 15.3 Å². The van der Waals surface area contributed by atoms with Gasteiger partial charge in [0.25, 0.3) is 0 Å². The quantitative estimate of drug-likeness (QED) is 0.746. The summed E-state index contributed by atoms with van der Waals surface area (Å²) >= 11 is 0. The number of hydrogen-bond donors (Lipinski definition) is 1. The highest BCUT2D eigenvalue weighted by atomic mass is 15.1. The zero-order chi connectivity index (χ0) is 13.2. The lowest BCUT2D eigenvalue weighted by Gasteiger charge is -2.30. The van der Waals surface area contributed by atoms with E-state index in [1.165, 1.54) is 71.1 Å². The summed E-state index contributed by atoms with van der Waals surface area (Å²) < 4.78 is 0. The summed E-state index contributed by atoms with van der Waals surface area (Å²) in [6.45, 7) is 12.0. The van der Waals surface area contributed by atoms with Crippen molar-refractivity contribution in [3.63, 3.8) is 0 Å². The van der Waals surface area contributed by atoms with Gasteiger partial charge in [0, 0.05) is 19.1 Å². The third-order valence-electron chi connectivity index (χ3n) is 4.51. The fourth-order valence-electron chi connectivity index (χ4n) is 2.99. The molecule has 0 spiro atoms. The maximum Gasteiger partial charge on any atom is 0.0195 e. The van der Waals surface area contributed by atoms with E-state index in [2.05, 4.69) is 31.0 Å². The van der Waals surface area contributed by atoms with Crippen LogP contribution in [0, 0.1) is 5.92 Å². The molecule has 2 nitrogen and oxygen atoms in total. The molecule has 1 heterocycles. The smallest absolute Gasteiger partial charge is 0.0195 e. The molecule has 0 saturated carbocycles. The molecule has 1 aliphatic rings. The Bertz CT molecular complexity index is 182. The lowest BCUT2D eigenvalue weighted by Crippen LogP contribution is -2.43. The highest BCUT2D eigenvalue weighted by Crippen LogP contribution is 2.13. The van der Waals surface area contributed by atoms with Crippen LogP contribution in [-0.4, -0.2) is 37.1 Å². The molecule has 0 aliphatic carbocycles. The Labute approximate surface area is 115 Å². The van der Waals surface area contributed by atoms with Gasteiger partial charge in [0.1, 0.15) is 0 Å². The number of rotatable bonds is 7. The van der Waals surface area contributed by atoms with Gasteiger partial charge in [-0.2, -0.15) is 0 Å². The maximum absolute atomic E-state index is 3.75. The summed E-state index contributed by atoms with van der Waals surface area (Å²) in [5, 5.41) is 3.75. The van der Waals surface area contributed by atoms with Gasteiger partial charge in [-0.25, -0.2) is 0 Å². The summed E-state index contributed by atoms with van der Waals surface area (Å²) in [7, 11) is 0. The Morgan fingerprint density at radius 3 is 2.44 bits per heavy atom. The van der Waals surface area contributed by atoms with Crippen LogP contribution >= 0.6 is 0 Å². The molecule has 0 aromatic rings. The van der Waals surface area contributed by atoms with E-state index in [4.69, 9.17) is 0 Å². The van der Waals surface area contributed by atoms with Crippen molar-refractivity contribution in [2.24, 2.45) is 5.92 Å². The van der Waals surface area contributed by atoms with Gasteiger partial charge in [0.2, 0.25) is 0 Å². The van der Waals surface area contributed by atoms with Crippen LogP contribution in [0.4, 0.5) is 0 Å². The van der Waals surface area contributed by atoms with Gasteiger partial charge in [-0.1, -0.05) is 52.9 Å². The molecule has 0 aromatic heterocycles. The van der Waals surface area contributed by atoms with Crippen LogP contribution in [0.15, 0.2) is 0 Å². The van der Waals surface area contributed by atoms with E-state index in [0.29, 0.717) is 0 Å². The van der Waals surface area contributed by atoms with E-state index in [1.807, 2.05) is 0 Å². The van der Waals surface area contributed by atoms with Crippen molar-refractivity contribution in [3.8, 4) is 0 Å². The molecule has 0 amide bonds. The van der Waals surface area contributed by atoms with Gasteiger partial charge in [0.15, 0.2) is 0 Å². The molecule has 1 aliphatic heterocycles. The van der Waals surface area contributed by atoms with E-state index >= 15 is 0 Å². The maximum atomic E-state index is 3.75. The second kappa shape index (κ2) is 9.80. The first-order chi connectivity index (χ1) is 8.80. The fraction of sp³-hybridized carbons (Fsp3) is 1.00. The molecule has 1 rings (SSSR count). The minimum absolute atomic E-state index is 0.736. The Morgan fingerprint density at radius 2 is 1.78 bits per heavy atom. The van der Waals surface area contributed by atoms with Crippen molar-refractivity contribution in [2.75, 3.05) is 26.2 Å². The van der Waals surface area contributed by atoms with Gasteiger partial charge in [-0.05, 0) is 31.8 Å². The van der Waals surface area contributed by atoms with Gasteiger partial charge >= 0.3 is 0 Å². The fourth-order valence-corrected chi connectivity index (χ4v) is 2.99. The molecule has 1 N–H and O–H groups in total. The predicted octanol–water partition coefficient (Wildman–Crippen LogP) is 3.67. The lowest BCUT2D eigenvalue weighted by atomic mass is 10.0. The normalized spacial score (nSPS) is 22.2. The highest BCUT2D eigenvalue weighted by molar-refractivity contribution is 4.75. The Balaban J connectivity index is 2.34. The second-order valence-corrected chi connectivity index (χ2v) is 5.89. The summed E-state index contributed by atoms with van der Waals surface area (Å²) in [4.78, 5) is 2.66. The van der Waals surface area contributed by atoms with Crippen LogP contribution in [-0.2, 0) is 0 Å². The van der Waals surface area contributed by atoms with Gasteiger partial charge < -0.3 is 10.2 Å². The Morgan fingerprint density at radius 1 is 1.06 bits per heavy atom. The summed E-state index contributed by atoms with van der Waals surface area (Å²) in [6, 6.07) is 0.736. The van der Waals surface area contributed by atoms with Crippen LogP contribution in [0.1, 0.15) is 65.7 Å².